The van der Waals surface area contributed by atoms with Crippen LogP contribution < -0.4 is 10.2 Å². The van der Waals surface area contributed by atoms with Gasteiger partial charge in [-0.05, 0) is 24.3 Å². The zero-order valence-corrected chi connectivity index (χ0v) is 12.8. The minimum absolute atomic E-state index is 0.239. The van der Waals surface area contributed by atoms with Crippen LogP contribution in [0, 0.1) is 0 Å². The van der Waals surface area contributed by atoms with Gasteiger partial charge in [0.05, 0.1) is 18.2 Å². The molecule has 5 heteroatoms. The number of hydrazone groups is 1. The topological polar surface area (TPSA) is 50.7 Å². The number of nitrogens with zero attached hydrogens (tertiary/aromatic N) is 1. The van der Waals surface area contributed by atoms with E-state index in [1.807, 2.05) is 42.5 Å². The van der Waals surface area contributed by atoms with Gasteiger partial charge in [-0.1, -0.05) is 30.3 Å². The average Bonchev–Trinajstić information content (AvgIpc) is 2.93. The average molecular weight is 310 g/mol. The molecular formula is C17H14N2O2S. The lowest BCUT2D eigenvalue weighted by atomic mass is 10.2. The molecule has 0 saturated heterocycles. The molecule has 0 fully saturated rings. The number of carbonyl (C=O) groups is 1. The maximum Gasteiger partial charge on any atom is 0.271 e. The zero-order chi connectivity index (χ0) is 15.4. The number of nitrogens with one attached hydrogen (secondary N) is 1. The third-order valence-corrected chi connectivity index (χ3v) is 4.25. The number of thiophene rings is 1. The van der Waals surface area contributed by atoms with E-state index in [4.69, 9.17) is 4.74 Å². The van der Waals surface area contributed by atoms with Crippen LogP contribution in [0.3, 0.4) is 0 Å². The van der Waals surface area contributed by atoms with Crippen LogP contribution >= 0.6 is 11.3 Å². The lowest BCUT2D eigenvalue weighted by Gasteiger charge is -2.00. The lowest BCUT2D eigenvalue weighted by molar-refractivity contribution is 0.0955. The van der Waals surface area contributed by atoms with Gasteiger partial charge in [-0.25, -0.2) is 5.43 Å². The van der Waals surface area contributed by atoms with Crippen molar-refractivity contribution in [2.75, 3.05) is 7.11 Å². The molecule has 1 N–H and O–H groups in total. The van der Waals surface area contributed by atoms with Gasteiger partial charge in [0, 0.05) is 15.6 Å². The molecule has 0 aliphatic carbocycles. The molecule has 110 valence electrons. The van der Waals surface area contributed by atoms with E-state index in [1.165, 1.54) is 0 Å². The first-order valence-electron chi connectivity index (χ1n) is 6.73. The molecule has 22 heavy (non-hydrogen) atoms. The van der Waals surface area contributed by atoms with Gasteiger partial charge in [0.15, 0.2) is 0 Å². The molecule has 3 rings (SSSR count). The van der Waals surface area contributed by atoms with Gasteiger partial charge in [-0.2, -0.15) is 5.10 Å². The molecule has 0 aliphatic rings. The van der Waals surface area contributed by atoms with Crippen LogP contribution in [-0.4, -0.2) is 19.2 Å². The third kappa shape index (κ3) is 2.84. The van der Waals surface area contributed by atoms with Gasteiger partial charge < -0.3 is 4.74 Å². The quantitative estimate of drug-likeness (QED) is 0.590. The highest BCUT2D eigenvalue weighted by atomic mass is 32.1. The summed E-state index contributed by atoms with van der Waals surface area (Å²) < 4.78 is 6.57. The summed E-state index contributed by atoms with van der Waals surface area (Å²) in [7, 11) is 1.63. The molecule has 1 aromatic heterocycles. The Kier molecular flexibility index (Phi) is 4.16. The number of amides is 1. The molecule has 2 aromatic carbocycles. The van der Waals surface area contributed by atoms with Gasteiger partial charge in [0.25, 0.3) is 5.91 Å². The van der Waals surface area contributed by atoms with Crippen LogP contribution in [0.2, 0.25) is 0 Å². The number of methoxy groups -OCH3 is 1. The Bertz CT molecular complexity index is 825. The summed E-state index contributed by atoms with van der Waals surface area (Å²) in [5.74, 6) is 0.537. The molecular weight excluding hydrogens is 296 g/mol. The van der Waals surface area contributed by atoms with Crippen molar-refractivity contribution >= 4 is 33.5 Å². The van der Waals surface area contributed by atoms with Gasteiger partial charge in [-0.15, -0.1) is 11.3 Å². The summed E-state index contributed by atoms with van der Waals surface area (Å²) in [6, 6.07) is 17.0. The van der Waals surface area contributed by atoms with E-state index < -0.39 is 0 Å². The lowest BCUT2D eigenvalue weighted by Crippen LogP contribution is -2.17. The third-order valence-electron chi connectivity index (χ3n) is 3.16. The molecule has 0 radical (unpaired) electrons. The predicted octanol–water partition coefficient (Wildman–Crippen LogP) is 3.67. The van der Waals surface area contributed by atoms with Crippen molar-refractivity contribution in [1.82, 2.24) is 5.43 Å². The number of rotatable bonds is 4. The summed E-state index contributed by atoms with van der Waals surface area (Å²) in [5.41, 5.74) is 3.10. The smallest absolute Gasteiger partial charge is 0.271 e. The highest BCUT2D eigenvalue weighted by Gasteiger charge is 2.10. The second kappa shape index (κ2) is 6.41. The fraction of sp³-hybridized carbons (Fsp3) is 0.0588. The monoisotopic (exact) mass is 310 g/mol. The maximum atomic E-state index is 11.9. The number of carbonyl (C=O) groups excluding carboxylic acids is 1. The highest BCUT2D eigenvalue weighted by Crippen LogP contribution is 2.36. The second-order valence-corrected chi connectivity index (χ2v) is 5.64. The van der Waals surface area contributed by atoms with Crippen LogP contribution in [0.25, 0.3) is 10.1 Å². The SMILES string of the molecule is COc1c(/C=N/NC(=O)c2ccccc2)sc2ccccc12. The Morgan fingerprint density at radius 1 is 1.14 bits per heavy atom. The Morgan fingerprint density at radius 3 is 2.64 bits per heavy atom. The van der Waals surface area contributed by atoms with Gasteiger partial charge in [0.1, 0.15) is 5.75 Å². The Labute approximate surface area is 132 Å². The summed E-state index contributed by atoms with van der Waals surface area (Å²) in [4.78, 5) is 12.8. The Hall–Kier alpha value is -2.66. The van der Waals surface area contributed by atoms with Gasteiger partial charge >= 0.3 is 0 Å². The van der Waals surface area contributed by atoms with Crippen molar-refractivity contribution < 1.29 is 9.53 Å². The highest BCUT2D eigenvalue weighted by molar-refractivity contribution is 7.21. The first-order chi connectivity index (χ1) is 10.8. The van der Waals surface area contributed by atoms with E-state index in [2.05, 4.69) is 10.5 Å². The predicted molar refractivity (Wildman–Crippen MR) is 89.9 cm³/mol. The number of benzene rings is 2. The standard InChI is InChI=1S/C17H14N2O2S/c1-21-16-13-9-5-6-10-14(13)22-15(16)11-18-19-17(20)12-7-3-2-4-8-12/h2-11H,1H3,(H,19,20)/b18-11+. The molecule has 0 unspecified atom stereocenters. The van der Waals surface area contributed by atoms with E-state index >= 15 is 0 Å². The summed E-state index contributed by atoms with van der Waals surface area (Å²) >= 11 is 1.57. The van der Waals surface area contributed by atoms with Crippen molar-refractivity contribution in [3.8, 4) is 5.75 Å². The van der Waals surface area contributed by atoms with Crippen molar-refractivity contribution in [3.63, 3.8) is 0 Å². The number of fused-ring (bicyclic) bond motifs is 1. The molecule has 3 aromatic rings. The number of hydrogen-bond donors (Lipinski definition) is 1. The summed E-state index contributed by atoms with van der Waals surface area (Å²) in [5, 5.41) is 5.07. The fourth-order valence-electron chi connectivity index (χ4n) is 2.14. The van der Waals surface area contributed by atoms with Crippen molar-refractivity contribution in [3.05, 3.63) is 65.0 Å². The summed E-state index contributed by atoms with van der Waals surface area (Å²) in [6.45, 7) is 0. The van der Waals surface area contributed by atoms with E-state index in [9.17, 15) is 4.79 Å². The Morgan fingerprint density at radius 2 is 1.86 bits per heavy atom. The van der Waals surface area contributed by atoms with Crippen LogP contribution in [0.5, 0.6) is 5.75 Å². The van der Waals surface area contributed by atoms with Crippen molar-refractivity contribution in [1.29, 1.82) is 0 Å². The second-order valence-electron chi connectivity index (χ2n) is 4.56. The van der Waals surface area contributed by atoms with E-state index in [0.717, 1.165) is 20.7 Å². The maximum absolute atomic E-state index is 11.9. The fourth-order valence-corrected chi connectivity index (χ4v) is 3.19. The molecule has 0 aliphatic heterocycles. The van der Waals surface area contributed by atoms with Crippen LogP contribution in [0.15, 0.2) is 59.7 Å². The molecule has 1 heterocycles. The van der Waals surface area contributed by atoms with Crippen LogP contribution in [-0.2, 0) is 0 Å². The molecule has 0 spiro atoms. The molecule has 0 bridgehead atoms. The molecule has 4 nitrogen and oxygen atoms in total. The van der Waals surface area contributed by atoms with E-state index in [1.54, 1.807) is 36.8 Å². The minimum Gasteiger partial charge on any atom is -0.495 e. The van der Waals surface area contributed by atoms with E-state index in [-0.39, 0.29) is 5.91 Å². The number of ether oxygens (including phenoxy) is 1. The largest absolute Gasteiger partial charge is 0.495 e. The first kappa shape index (κ1) is 14.3. The number of hydrogen-bond acceptors (Lipinski definition) is 4. The van der Waals surface area contributed by atoms with Crippen LogP contribution in [0.1, 0.15) is 15.2 Å². The molecule has 1 amide bonds. The van der Waals surface area contributed by atoms with Gasteiger partial charge in [-0.3, -0.25) is 4.79 Å². The summed E-state index contributed by atoms with van der Waals surface area (Å²) in [6.07, 6.45) is 1.62. The molecule has 0 atom stereocenters. The van der Waals surface area contributed by atoms with Gasteiger partial charge in [0.2, 0.25) is 0 Å². The zero-order valence-electron chi connectivity index (χ0n) is 11.9. The van der Waals surface area contributed by atoms with Crippen LogP contribution in [0.4, 0.5) is 0 Å². The van der Waals surface area contributed by atoms with Crippen molar-refractivity contribution in [2.24, 2.45) is 5.10 Å². The van der Waals surface area contributed by atoms with Crippen molar-refractivity contribution in [2.45, 2.75) is 0 Å². The molecule has 0 saturated carbocycles. The first-order valence-corrected chi connectivity index (χ1v) is 7.55. The Balaban J connectivity index is 1.80. The normalized spacial score (nSPS) is 11.0. The minimum atomic E-state index is -0.239. The van der Waals surface area contributed by atoms with E-state index in [0.29, 0.717) is 5.56 Å².